The first-order valence-electron chi connectivity index (χ1n) is 7.55. The van der Waals surface area contributed by atoms with Crippen molar-refractivity contribution in [1.82, 2.24) is 10.2 Å². The van der Waals surface area contributed by atoms with E-state index in [4.69, 9.17) is 5.11 Å². The normalized spacial score (nSPS) is 17.1. The van der Waals surface area contributed by atoms with Crippen LogP contribution in [0, 0.1) is 11.3 Å². The number of carboxylic acid groups (broad SMARTS) is 1. The maximum Gasteiger partial charge on any atom is 0.317 e. The molecule has 1 heterocycles. The summed E-state index contributed by atoms with van der Waals surface area (Å²) >= 11 is 0. The highest BCUT2D eigenvalue weighted by Gasteiger charge is 2.22. The van der Waals surface area contributed by atoms with Gasteiger partial charge in [-0.15, -0.1) is 0 Å². The third-order valence-electron chi connectivity index (χ3n) is 4.16. The van der Waals surface area contributed by atoms with Gasteiger partial charge in [0.25, 0.3) is 0 Å². The summed E-state index contributed by atoms with van der Waals surface area (Å²) in [6.07, 6.45) is 3.79. The summed E-state index contributed by atoms with van der Waals surface area (Å²) in [4.78, 5) is 24.4. The van der Waals surface area contributed by atoms with E-state index in [2.05, 4.69) is 12.2 Å². The Kier molecular flexibility index (Phi) is 6.30. The predicted molar refractivity (Wildman–Crippen MR) is 78.6 cm³/mol. The zero-order valence-corrected chi connectivity index (χ0v) is 12.9. The SMILES string of the molecule is CC1CCN(C(=O)NCCC(C)(C)CCC(=O)O)CC1. The highest BCUT2D eigenvalue weighted by Crippen LogP contribution is 2.26. The van der Waals surface area contributed by atoms with Gasteiger partial charge in [0.1, 0.15) is 0 Å². The van der Waals surface area contributed by atoms with Crippen LogP contribution >= 0.6 is 0 Å². The number of carboxylic acids is 1. The number of carbonyl (C=O) groups is 2. The molecule has 0 aliphatic carbocycles. The number of hydrogen-bond donors (Lipinski definition) is 2. The summed E-state index contributed by atoms with van der Waals surface area (Å²) in [5, 5.41) is 11.7. The number of rotatable bonds is 6. The van der Waals surface area contributed by atoms with Gasteiger partial charge in [0.2, 0.25) is 0 Å². The average molecular weight is 284 g/mol. The maximum atomic E-state index is 12.0. The van der Waals surface area contributed by atoms with Crippen molar-refractivity contribution in [3.05, 3.63) is 0 Å². The maximum absolute atomic E-state index is 12.0. The monoisotopic (exact) mass is 284 g/mol. The van der Waals surface area contributed by atoms with E-state index in [1.807, 2.05) is 18.7 Å². The van der Waals surface area contributed by atoms with Crippen LogP contribution < -0.4 is 5.32 Å². The van der Waals surface area contributed by atoms with Crippen LogP contribution in [0.2, 0.25) is 0 Å². The Bertz CT molecular complexity index is 334. The van der Waals surface area contributed by atoms with E-state index < -0.39 is 5.97 Å². The van der Waals surface area contributed by atoms with Gasteiger partial charge in [-0.2, -0.15) is 0 Å². The van der Waals surface area contributed by atoms with Gasteiger partial charge in [-0.25, -0.2) is 4.79 Å². The number of nitrogens with zero attached hydrogens (tertiary/aromatic N) is 1. The van der Waals surface area contributed by atoms with Crippen LogP contribution in [0.15, 0.2) is 0 Å². The molecule has 20 heavy (non-hydrogen) atoms. The van der Waals surface area contributed by atoms with Crippen LogP contribution in [-0.4, -0.2) is 41.6 Å². The number of likely N-dealkylation sites (tertiary alicyclic amines) is 1. The third-order valence-corrected chi connectivity index (χ3v) is 4.16. The quantitative estimate of drug-likeness (QED) is 0.788. The molecule has 2 amide bonds. The summed E-state index contributed by atoms with van der Waals surface area (Å²) < 4.78 is 0. The lowest BCUT2D eigenvalue weighted by molar-refractivity contribution is -0.137. The van der Waals surface area contributed by atoms with Crippen LogP contribution in [0.25, 0.3) is 0 Å². The highest BCUT2D eigenvalue weighted by atomic mass is 16.4. The standard InChI is InChI=1S/C15H28N2O3/c1-12-5-10-17(11-6-12)14(20)16-9-8-15(2,3)7-4-13(18)19/h12H,4-11H2,1-3H3,(H,16,20)(H,18,19). The van der Waals surface area contributed by atoms with Crippen LogP contribution in [-0.2, 0) is 4.79 Å². The number of carbonyl (C=O) groups excluding carboxylic acids is 1. The molecule has 0 aromatic carbocycles. The molecule has 0 unspecified atom stereocenters. The van der Waals surface area contributed by atoms with Crippen molar-refractivity contribution >= 4 is 12.0 Å². The second-order valence-electron chi connectivity index (χ2n) is 6.71. The van der Waals surface area contributed by atoms with Crippen molar-refractivity contribution in [3.8, 4) is 0 Å². The van der Waals surface area contributed by atoms with E-state index in [1.54, 1.807) is 0 Å². The van der Waals surface area contributed by atoms with Crippen LogP contribution in [0.4, 0.5) is 4.79 Å². The first-order valence-corrected chi connectivity index (χ1v) is 7.55. The lowest BCUT2D eigenvalue weighted by Gasteiger charge is -2.31. The molecular weight excluding hydrogens is 256 g/mol. The fourth-order valence-electron chi connectivity index (χ4n) is 2.40. The van der Waals surface area contributed by atoms with Crippen LogP contribution in [0.3, 0.4) is 0 Å². The van der Waals surface area contributed by atoms with Gasteiger partial charge >= 0.3 is 12.0 Å². The summed E-state index contributed by atoms with van der Waals surface area (Å²) in [6, 6.07) is 0.0194. The number of hydrogen-bond acceptors (Lipinski definition) is 2. The number of amides is 2. The first-order chi connectivity index (χ1) is 9.30. The molecule has 1 saturated heterocycles. The molecule has 0 saturated carbocycles. The van der Waals surface area contributed by atoms with E-state index in [9.17, 15) is 9.59 Å². The molecule has 2 N–H and O–H groups in total. The van der Waals surface area contributed by atoms with Gasteiger partial charge in [-0.05, 0) is 37.0 Å². The highest BCUT2D eigenvalue weighted by molar-refractivity contribution is 5.74. The zero-order valence-electron chi connectivity index (χ0n) is 12.9. The topological polar surface area (TPSA) is 69.6 Å². The Balaban J connectivity index is 2.22. The minimum Gasteiger partial charge on any atom is -0.481 e. The second kappa shape index (κ2) is 7.50. The van der Waals surface area contributed by atoms with Crippen molar-refractivity contribution < 1.29 is 14.7 Å². The van der Waals surface area contributed by atoms with E-state index in [1.165, 1.54) is 0 Å². The molecule has 0 aromatic heterocycles. The van der Waals surface area contributed by atoms with Crippen molar-refractivity contribution in [2.24, 2.45) is 11.3 Å². The molecule has 0 radical (unpaired) electrons. The van der Waals surface area contributed by atoms with Crippen molar-refractivity contribution in [2.45, 2.75) is 52.9 Å². The Morgan fingerprint density at radius 3 is 2.40 bits per heavy atom. The molecule has 5 heteroatoms. The first kappa shape index (κ1) is 16.8. The molecule has 1 rings (SSSR count). The molecule has 0 bridgehead atoms. The van der Waals surface area contributed by atoms with Gasteiger partial charge in [-0.1, -0.05) is 20.8 Å². The van der Waals surface area contributed by atoms with Gasteiger partial charge in [-0.3, -0.25) is 4.79 Å². The molecule has 5 nitrogen and oxygen atoms in total. The van der Waals surface area contributed by atoms with Gasteiger partial charge in [0.05, 0.1) is 0 Å². The Hall–Kier alpha value is -1.26. The molecule has 0 atom stereocenters. The Morgan fingerprint density at radius 2 is 1.85 bits per heavy atom. The third kappa shape index (κ3) is 6.26. The molecule has 0 aromatic rings. The molecule has 1 aliphatic heterocycles. The fourth-order valence-corrected chi connectivity index (χ4v) is 2.40. The molecule has 116 valence electrons. The minimum atomic E-state index is -0.760. The summed E-state index contributed by atoms with van der Waals surface area (Å²) in [5.74, 6) is -0.0430. The van der Waals surface area contributed by atoms with Gasteiger partial charge < -0.3 is 15.3 Å². The minimum absolute atomic E-state index is 0.0194. The average Bonchev–Trinajstić information content (AvgIpc) is 2.37. The molecule has 1 aliphatic rings. The van der Waals surface area contributed by atoms with Gasteiger partial charge in [0, 0.05) is 26.1 Å². The number of aliphatic carboxylic acids is 1. The number of piperidine rings is 1. The van der Waals surface area contributed by atoms with E-state index in [-0.39, 0.29) is 17.9 Å². The second-order valence-corrected chi connectivity index (χ2v) is 6.71. The predicted octanol–water partition coefficient (Wildman–Crippen LogP) is 2.71. The molecule has 0 spiro atoms. The lowest BCUT2D eigenvalue weighted by Crippen LogP contribution is -2.44. The Labute approximate surface area is 121 Å². The largest absolute Gasteiger partial charge is 0.481 e. The Morgan fingerprint density at radius 1 is 1.25 bits per heavy atom. The van der Waals surface area contributed by atoms with E-state index in [0.717, 1.165) is 32.4 Å². The summed E-state index contributed by atoms with van der Waals surface area (Å²) in [7, 11) is 0. The summed E-state index contributed by atoms with van der Waals surface area (Å²) in [5.41, 5.74) is -0.0535. The number of nitrogens with one attached hydrogen (secondary N) is 1. The van der Waals surface area contributed by atoms with Crippen molar-refractivity contribution in [2.75, 3.05) is 19.6 Å². The van der Waals surface area contributed by atoms with Crippen LogP contribution in [0.5, 0.6) is 0 Å². The zero-order chi connectivity index (χ0) is 15.2. The fraction of sp³-hybridized carbons (Fsp3) is 0.867. The summed E-state index contributed by atoms with van der Waals surface area (Å²) in [6.45, 7) is 8.61. The molecular formula is C15H28N2O3. The van der Waals surface area contributed by atoms with E-state index in [0.29, 0.717) is 18.9 Å². The van der Waals surface area contributed by atoms with Gasteiger partial charge in [0.15, 0.2) is 0 Å². The van der Waals surface area contributed by atoms with Crippen LogP contribution in [0.1, 0.15) is 52.9 Å². The van der Waals surface area contributed by atoms with Crippen molar-refractivity contribution in [1.29, 1.82) is 0 Å². The lowest BCUT2D eigenvalue weighted by atomic mass is 9.84. The number of urea groups is 1. The molecule has 1 fully saturated rings. The smallest absolute Gasteiger partial charge is 0.317 e. The van der Waals surface area contributed by atoms with Crippen molar-refractivity contribution in [3.63, 3.8) is 0 Å². The van der Waals surface area contributed by atoms with E-state index >= 15 is 0 Å².